The lowest BCUT2D eigenvalue weighted by atomic mass is 10.1. The number of aromatic nitrogens is 2. The summed E-state index contributed by atoms with van der Waals surface area (Å²) in [6.45, 7) is 4.20. The van der Waals surface area contributed by atoms with E-state index in [9.17, 15) is 9.59 Å². The van der Waals surface area contributed by atoms with Gasteiger partial charge in [0.15, 0.2) is 18.1 Å². The van der Waals surface area contributed by atoms with E-state index in [0.29, 0.717) is 22.8 Å². The molecule has 2 amide bonds. The number of rotatable bonds is 10. The maximum absolute atomic E-state index is 12.2. The molecule has 1 aromatic heterocycles. The minimum atomic E-state index is -0.546. The molecular formula is C23H26N4O6. The first-order chi connectivity index (χ1) is 15.9. The number of methoxy groups -OCH3 is 2. The number of nitrogens with one attached hydrogen (secondary N) is 2. The van der Waals surface area contributed by atoms with Crippen molar-refractivity contribution in [3.63, 3.8) is 0 Å². The van der Waals surface area contributed by atoms with Crippen molar-refractivity contribution < 1.29 is 28.3 Å². The van der Waals surface area contributed by atoms with Crippen LogP contribution in [0.1, 0.15) is 21.8 Å². The van der Waals surface area contributed by atoms with E-state index in [2.05, 4.69) is 20.8 Å². The molecule has 3 rings (SSSR count). The van der Waals surface area contributed by atoms with Gasteiger partial charge in [0.05, 0.1) is 14.2 Å². The smallest absolute Gasteiger partial charge is 0.316 e. The maximum atomic E-state index is 12.2. The summed E-state index contributed by atoms with van der Waals surface area (Å²) >= 11 is 0. The highest BCUT2D eigenvalue weighted by Gasteiger charge is 2.17. The Kier molecular flexibility index (Phi) is 7.85. The van der Waals surface area contributed by atoms with Gasteiger partial charge in [-0.05, 0) is 43.7 Å². The Balaban J connectivity index is 1.44. The molecule has 0 bridgehead atoms. The molecule has 0 atom stereocenters. The van der Waals surface area contributed by atoms with Crippen molar-refractivity contribution in [3.8, 4) is 28.6 Å². The quantitative estimate of drug-likeness (QED) is 0.447. The average molecular weight is 454 g/mol. The highest BCUT2D eigenvalue weighted by molar-refractivity contribution is 5.90. The summed E-state index contributed by atoms with van der Waals surface area (Å²) in [6.07, 6.45) is 0. The van der Waals surface area contributed by atoms with Gasteiger partial charge in [-0.1, -0.05) is 22.9 Å². The fourth-order valence-electron chi connectivity index (χ4n) is 3.02. The van der Waals surface area contributed by atoms with Crippen LogP contribution in [-0.2, 0) is 4.79 Å². The largest absolute Gasteiger partial charge is 0.493 e. The van der Waals surface area contributed by atoms with Gasteiger partial charge in [0, 0.05) is 18.7 Å². The second-order valence-electron chi connectivity index (χ2n) is 7.16. The highest BCUT2D eigenvalue weighted by atomic mass is 16.5. The van der Waals surface area contributed by atoms with Gasteiger partial charge >= 0.3 is 11.8 Å². The van der Waals surface area contributed by atoms with Crippen LogP contribution in [0.25, 0.3) is 11.4 Å². The van der Waals surface area contributed by atoms with E-state index in [1.807, 2.05) is 32.0 Å². The molecular weight excluding hydrogens is 428 g/mol. The van der Waals surface area contributed by atoms with Crippen LogP contribution in [0.3, 0.4) is 0 Å². The molecule has 0 spiro atoms. The first kappa shape index (κ1) is 23.6. The number of aryl methyl sites for hydroxylation is 2. The number of benzene rings is 2. The summed E-state index contributed by atoms with van der Waals surface area (Å²) < 4.78 is 21.0. The van der Waals surface area contributed by atoms with E-state index in [-0.39, 0.29) is 37.3 Å². The van der Waals surface area contributed by atoms with Crippen molar-refractivity contribution in [2.45, 2.75) is 13.8 Å². The predicted molar refractivity (Wildman–Crippen MR) is 120 cm³/mol. The van der Waals surface area contributed by atoms with Crippen LogP contribution in [-0.4, -0.2) is 55.9 Å². The molecule has 174 valence electrons. The van der Waals surface area contributed by atoms with Gasteiger partial charge in [0.25, 0.3) is 5.91 Å². The Labute approximate surface area is 191 Å². The highest BCUT2D eigenvalue weighted by Crippen LogP contribution is 2.31. The lowest BCUT2D eigenvalue weighted by molar-refractivity contribution is -0.123. The Morgan fingerprint density at radius 1 is 0.939 bits per heavy atom. The molecule has 2 N–H and O–H groups in total. The van der Waals surface area contributed by atoms with Crippen LogP contribution in [0.5, 0.6) is 17.2 Å². The molecule has 0 aliphatic rings. The zero-order chi connectivity index (χ0) is 23.8. The fraction of sp³-hybridized carbons (Fsp3) is 0.304. The average Bonchev–Trinajstić information content (AvgIpc) is 3.31. The Morgan fingerprint density at radius 2 is 1.67 bits per heavy atom. The number of amides is 2. The number of carbonyl (C=O) groups excluding carboxylic acids is 2. The molecule has 2 aromatic carbocycles. The molecule has 0 aliphatic heterocycles. The monoisotopic (exact) mass is 454 g/mol. The first-order valence-corrected chi connectivity index (χ1v) is 10.2. The van der Waals surface area contributed by atoms with E-state index in [1.54, 1.807) is 18.2 Å². The van der Waals surface area contributed by atoms with Crippen LogP contribution in [0.4, 0.5) is 0 Å². The molecule has 10 nitrogen and oxygen atoms in total. The van der Waals surface area contributed by atoms with Gasteiger partial charge in [-0.25, -0.2) is 0 Å². The Morgan fingerprint density at radius 3 is 2.39 bits per heavy atom. The maximum Gasteiger partial charge on any atom is 0.316 e. The third kappa shape index (κ3) is 6.22. The normalized spacial score (nSPS) is 10.4. The van der Waals surface area contributed by atoms with Crippen molar-refractivity contribution in [3.05, 3.63) is 53.4 Å². The minimum Gasteiger partial charge on any atom is -0.493 e. The van der Waals surface area contributed by atoms with Crippen molar-refractivity contribution in [1.29, 1.82) is 0 Å². The Hall–Kier alpha value is -4.08. The van der Waals surface area contributed by atoms with Gasteiger partial charge in [-0.15, -0.1) is 0 Å². The molecule has 3 aromatic rings. The number of hydrogen-bond acceptors (Lipinski definition) is 8. The molecule has 0 saturated heterocycles. The number of nitrogens with zero attached hydrogens (tertiary/aromatic N) is 2. The SMILES string of the molecule is COc1ccc(-c2noc(C(=O)NCCNC(=O)COc3ccc(C)cc3C)n2)cc1OC. The van der Waals surface area contributed by atoms with Crippen molar-refractivity contribution in [1.82, 2.24) is 20.8 Å². The number of carbonyl (C=O) groups is 2. The van der Waals surface area contributed by atoms with Gasteiger partial charge in [0.1, 0.15) is 5.75 Å². The zero-order valence-electron chi connectivity index (χ0n) is 18.9. The third-order valence-corrected chi connectivity index (χ3v) is 4.68. The minimum absolute atomic E-state index is 0.115. The topological polar surface area (TPSA) is 125 Å². The molecule has 33 heavy (non-hydrogen) atoms. The van der Waals surface area contributed by atoms with Crippen LogP contribution < -0.4 is 24.8 Å². The van der Waals surface area contributed by atoms with Crippen LogP contribution in [0, 0.1) is 13.8 Å². The van der Waals surface area contributed by atoms with E-state index in [4.69, 9.17) is 18.7 Å². The summed E-state index contributed by atoms with van der Waals surface area (Å²) in [6, 6.07) is 10.8. The fourth-order valence-corrected chi connectivity index (χ4v) is 3.02. The van der Waals surface area contributed by atoms with Crippen molar-refractivity contribution in [2.24, 2.45) is 0 Å². The van der Waals surface area contributed by atoms with E-state index in [1.165, 1.54) is 14.2 Å². The molecule has 0 radical (unpaired) electrons. The lowest BCUT2D eigenvalue weighted by Gasteiger charge is -2.10. The molecule has 0 aliphatic carbocycles. The summed E-state index contributed by atoms with van der Waals surface area (Å²) in [7, 11) is 3.06. The lowest BCUT2D eigenvalue weighted by Crippen LogP contribution is -2.36. The van der Waals surface area contributed by atoms with Crippen molar-refractivity contribution in [2.75, 3.05) is 33.9 Å². The second kappa shape index (κ2) is 11.0. The van der Waals surface area contributed by atoms with E-state index >= 15 is 0 Å². The first-order valence-electron chi connectivity index (χ1n) is 10.2. The van der Waals surface area contributed by atoms with Crippen LogP contribution >= 0.6 is 0 Å². The van der Waals surface area contributed by atoms with E-state index < -0.39 is 5.91 Å². The standard InChI is InChI=1S/C23H26N4O6/c1-14-5-7-17(15(2)11-14)32-13-20(28)24-9-10-25-22(29)23-26-21(27-33-23)16-6-8-18(30-3)19(12-16)31-4/h5-8,11-12H,9-10,13H2,1-4H3,(H,24,28)(H,25,29). The summed E-state index contributed by atoms with van der Waals surface area (Å²) in [5, 5.41) is 9.12. The Bertz CT molecular complexity index is 1130. The number of hydrogen-bond donors (Lipinski definition) is 2. The third-order valence-electron chi connectivity index (χ3n) is 4.68. The predicted octanol–water partition coefficient (Wildman–Crippen LogP) is 2.30. The summed E-state index contributed by atoms with van der Waals surface area (Å²) in [4.78, 5) is 28.3. The van der Waals surface area contributed by atoms with Gasteiger partial charge in [-0.3, -0.25) is 9.59 Å². The van der Waals surface area contributed by atoms with Gasteiger partial charge in [0.2, 0.25) is 5.82 Å². The molecule has 0 fully saturated rings. The molecule has 0 saturated carbocycles. The molecule has 10 heteroatoms. The number of ether oxygens (including phenoxy) is 3. The van der Waals surface area contributed by atoms with E-state index in [0.717, 1.165) is 11.1 Å². The van der Waals surface area contributed by atoms with Crippen molar-refractivity contribution >= 4 is 11.8 Å². The van der Waals surface area contributed by atoms with Gasteiger partial charge < -0.3 is 29.4 Å². The molecule has 0 unspecified atom stereocenters. The van der Waals surface area contributed by atoms with Gasteiger partial charge in [-0.2, -0.15) is 4.98 Å². The summed E-state index contributed by atoms with van der Waals surface area (Å²) in [5.74, 6) is 0.924. The zero-order valence-corrected chi connectivity index (χ0v) is 18.9. The van der Waals surface area contributed by atoms with Crippen LogP contribution in [0.15, 0.2) is 40.9 Å². The second-order valence-corrected chi connectivity index (χ2v) is 7.16. The summed E-state index contributed by atoms with van der Waals surface area (Å²) in [5.41, 5.74) is 2.69. The molecule has 1 heterocycles. The van der Waals surface area contributed by atoms with Crippen LogP contribution in [0.2, 0.25) is 0 Å².